The summed E-state index contributed by atoms with van der Waals surface area (Å²) in [4.78, 5) is 17.5. The van der Waals surface area contributed by atoms with Crippen molar-refractivity contribution in [1.82, 2.24) is 29.1 Å². The van der Waals surface area contributed by atoms with Crippen LogP contribution < -0.4 is 0 Å². The Morgan fingerprint density at radius 2 is 0.875 bits per heavy atom. The Kier molecular flexibility index (Phi) is 7.53. The lowest BCUT2D eigenvalue weighted by atomic mass is 9.98. The third-order valence-electron chi connectivity index (χ3n) is 10.1. The van der Waals surface area contributed by atoms with Crippen molar-refractivity contribution in [1.29, 1.82) is 0 Å². The number of para-hydroxylation sites is 2. The van der Waals surface area contributed by atoms with Gasteiger partial charge < -0.3 is 9.13 Å². The van der Waals surface area contributed by atoms with Crippen LogP contribution in [-0.4, -0.2) is 29.1 Å². The molecule has 4 aromatic heterocycles. The van der Waals surface area contributed by atoms with Crippen LogP contribution in [0, 0.1) is 11.6 Å². The molecule has 0 saturated heterocycles. The Balaban J connectivity index is 1.31. The number of hydrogen-bond acceptors (Lipinski definition) is 4. The number of benzene rings is 6. The first-order chi connectivity index (χ1) is 27.2. The molecule has 0 aliphatic rings. The second-order valence-corrected chi connectivity index (χ2v) is 13.4. The number of fused-ring (bicyclic) bond motifs is 6. The van der Waals surface area contributed by atoms with Crippen LogP contribution >= 0.6 is 0 Å². The van der Waals surface area contributed by atoms with Crippen molar-refractivity contribution in [2.45, 2.75) is 6.18 Å². The molecule has 0 amide bonds. The van der Waals surface area contributed by atoms with Gasteiger partial charge in [-0.3, -0.25) is 0 Å². The lowest BCUT2D eigenvalue weighted by molar-refractivity contribution is -0.137. The van der Waals surface area contributed by atoms with Crippen molar-refractivity contribution in [2.24, 2.45) is 0 Å². The predicted octanol–water partition coefficient (Wildman–Crippen LogP) is 11.8. The van der Waals surface area contributed by atoms with Gasteiger partial charge in [0.25, 0.3) is 0 Å². The van der Waals surface area contributed by atoms with E-state index in [4.69, 9.17) is 0 Å². The minimum atomic E-state index is -4.86. The molecular weight excluding hydrogens is 720 g/mol. The average molecular weight is 745 g/mol. The van der Waals surface area contributed by atoms with Gasteiger partial charge >= 0.3 is 6.18 Å². The molecule has 0 fully saturated rings. The standard InChI is InChI=1S/C45H25F5N6/c46-29-19-28(20-30(47)23-29)33-24-42(56-38-10-4-2-8-32(38)35-22-27(12-14-40(35)56)44-53-17-6-18-54-44)36(45(48,49)50)25-41(33)55-37-9-3-1-7-31(37)34-21-26(11-13-39(34)55)43-51-15-5-16-52-43/h1-25H. The summed E-state index contributed by atoms with van der Waals surface area (Å²) in [5.74, 6) is -0.777. The second-order valence-electron chi connectivity index (χ2n) is 13.4. The van der Waals surface area contributed by atoms with Gasteiger partial charge in [0.1, 0.15) is 11.6 Å². The van der Waals surface area contributed by atoms with Gasteiger partial charge in [-0.05, 0) is 90.5 Å². The van der Waals surface area contributed by atoms with E-state index in [2.05, 4.69) is 19.9 Å². The van der Waals surface area contributed by atoms with Gasteiger partial charge in [-0.2, -0.15) is 13.2 Å². The molecule has 4 heterocycles. The van der Waals surface area contributed by atoms with Crippen LogP contribution in [0.2, 0.25) is 0 Å². The second kappa shape index (κ2) is 12.7. The average Bonchev–Trinajstić information content (AvgIpc) is 3.72. The largest absolute Gasteiger partial charge is 0.418 e. The highest BCUT2D eigenvalue weighted by atomic mass is 19.4. The van der Waals surface area contributed by atoms with Crippen molar-refractivity contribution in [3.05, 3.63) is 169 Å². The van der Waals surface area contributed by atoms with Crippen molar-refractivity contribution in [2.75, 3.05) is 0 Å². The van der Waals surface area contributed by atoms with E-state index < -0.39 is 23.4 Å². The van der Waals surface area contributed by atoms with E-state index in [1.165, 1.54) is 6.07 Å². The SMILES string of the molecule is Fc1cc(F)cc(-c2cc(-n3c4ccccc4c4cc(-c5ncccn5)ccc43)c(C(F)(F)F)cc2-n2c3ccccc3c3cc(-c4ncccn4)ccc32)c1. The van der Waals surface area contributed by atoms with Crippen molar-refractivity contribution in [3.8, 4) is 45.3 Å². The lowest BCUT2D eigenvalue weighted by Gasteiger charge is -2.22. The van der Waals surface area contributed by atoms with Gasteiger partial charge in [0.05, 0.1) is 39.0 Å². The molecule has 0 N–H and O–H groups in total. The van der Waals surface area contributed by atoms with E-state index in [0.717, 1.165) is 35.0 Å². The summed E-state index contributed by atoms with van der Waals surface area (Å²) in [6, 6.07) is 34.3. The fourth-order valence-electron chi connectivity index (χ4n) is 7.75. The summed E-state index contributed by atoms with van der Waals surface area (Å²) in [5, 5.41) is 2.88. The van der Waals surface area contributed by atoms with Crippen molar-refractivity contribution in [3.63, 3.8) is 0 Å². The maximum atomic E-state index is 15.7. The number of hydrogen-bond donors (Lipinski definition) is 0. The molecule has 0 bridgehead atoms. The highest BCUT2D eigenvalue weighted by molar-refractivity contribution is 6.12. The van der Waals surface area contributed by atoms with Crippen LogP contribution in [0.15, 0.2) is 152 Å². The first-order valence-corrected chi connectivity index (χ1v) is 17.6. The van der Waals surface area contributed by atoms with Crippen LogP contribution in [0.4, 0.5) is 22.0 Å². The van der Waals surface area contributed by atoms with Crippen LogP contribution in [0.3, 0.4) is 0 Å². The molecular formula is C45H25F5N6. The Morgan fingerprint density at radius 3 is 1.38 bits per heavy atom. The smallest absolute Gasteiger partial charge is 0.309 e. The molecule has 56 heavy (non-hydrogen) atoms. The van der Waals surface area contributed by atoms with E-state index in [0.29, 0.717) is 55.6 Å². The molecule has 11 heteroatoms. The van der Waals surface area contributed by atoms with Crippen LogP contribution in [0.5, 0.6) is 0 Å². The van der Waals surface area contributed by atoms with E-state index in [1.54, 1.807) is 88.5 Å². The number of aromatic nitrogens is 6. The fourth-order valence-corrected chi connectivity index (χ4v) is 7.75. The first kappa shape index (κ1) is 33.3. The first-order valence-electron chi connectivity index (χ1n) is 17.6. The van der Waals surface area contributed by atoms with Gasteiger partial charge in [-0.15, -0.1) is 0 Å². The van der Waals surface area contributed by atoms with Crippen LogP contribution in [0.25, 0.3) is 88.9 Å². The van der Waals surface area contributed by atoms with Gasteiger partial charge in [0, 0.05) is 69.1 Å². The molecule has 10 aromatic rings. The third kappa shape index (κ3) is 5.38. The predicted molar refractivity (Wildman–Crippen MR) is 208 cm³/mol. The fraction of sp³-hybridized carbons (Fsp3) is 0.0222. The Bertz CT molecular complexity index is 3130. The zero-order valence-electron chi connectivity index (χ0n) is 29.0. The normalized spacial score (nSPS) is 12.0. The minimum Gasteiger partial charge on any atom is -0.309 e. The molecule has 0 radical (unpaired) electrons. The van der Waals surface area contributed by atoms with E-state index in [-0.39, 0.29) is 22.5 Å². The summed E-state index contributed by atoms with van der Waals surface area (Å²) in [5.41, 5.74) is 2.78. The highest BCUT2D eigenvalue weighted by Gasteiger charge is 2.37. The summed E-state index contributed by atoms with van der Waals surface area (Å²) in [6.07, 6.45) is 1.65. The molecule has 270 valence electrons. The lowest BCUT2D eigenvalue weighted by Crippen LogP contribution is -2.13. The number of rotatable bonds is 5. The minimum absolute atomic E-state index is 0.0667. The summed E-state index contributed by atoms with van der Waals surface area (Å²) < 4.78 is 80.6. The molecule has 6 nitrogen and oxygen atoms in total. The molecule has 0 atom stereocenters. The van der Waals surface area contributed by atoms with Crippen molar-refractivity contribution < 1.29 is 22.0 Å². The number of halogens is 5. The van der Waals surface area contributed by atoms with Crippen LogP contribution in [-0.2, 0) is 6.18 Å². The summed E-state index contributed by atoms with van der Waals surface area (Å²) >= 11 is 0. The van der Waals surface area contributed by atoms with Crippen molar-refractivity contribution >= 4 is 43.6 Å². The van der Waals surface area contributed by atoms with E-state index in [9.17, 15) is 0 Å². The van der Waals surface area contributed by atoms with Gasteiger partial charge in [0.2, 0.25) is 0 Å². The van der Waals surface area contributed by atoms with E-state index in [1.807, 2.05) is 42.5 Å². The van der Waals surface area contributed by atoms with Crippen LogP contribution in [0.1, 0.15) is 5.56 Å². The maximum Gasteiger partial charge on any atom is 0.418 e. The highest BCUT2D eigenvalue weighted by Crippen LogP contribution is 2.45. The molecule has 0 spiro atoms. The Hall–Kier alpha value is -7.27. The molecule has 6 aromatic carbocycles. The molecule has 0 unspecified atom stereocenters. The Labute approximate surface area is 314 Å². The number of nitrogens with zero attached hydrogens (tertiary/aromatic N) is 6. The summed E-state index contributed by atoms with van der Waals surface area (Å²) in [6.45, 7) is 0. The summed E-state index contributed by atoms with van der Waals surface area (Å²) in [7, 11) is 0. The zero-order chi connectivity index (χ0) is 38.1. The zero-order valence-corrected chi connectivity index (χ0v) is 29.0. The maximum absolute atomic E-state index is 15.7. The molecule has 0 aliphatic carbocycles. The molecule has 0 saturated carbocycles. The molecule has 10 rings (SSSR count). The van der Waals surface area contributed by atoms with Gasteiger partial charge in [-0.25, -0.2) is 28.7 Å². The Morgan fingerprint density at radius 1 is 0.411 bits per heavy atom. The van der Waals surface area contributed by atoms with Gasteiger partial charge in [-0.1, -0.05) is 36.4 Å². The molecule has 0 aliphatic heterocycles. The third-order valence-corrected chi connectivity index (χ3v) is 10.1. The quantitative estimate of drug-likeness (QED) is 0.165. The topological polar surface area (TPSA) is 61.4 Å². The van der Waals surface area contributed by atoms with E-state index >= 15 is 22.0 Å². The monoisotopic (exact) mass is 744 g/mol. The number of alkyl halides is 3. The van der Waals surface area contributed by atoms with Gasteiger partial charge in [0.15, 0.2) is 11.6 Å².